The van der Waals surface area contributed by atoms with E-state index in [0.717, 1.165) is 57.9 Å². The van der Waals surface area contributed by atoms with E-state index in [0.29, 0.717) is 64.0 Å². The Bertz CT molecular complexity index is 3360. The average molecular weight is 1100 g/mol. The fourth-order valence-corrected chi connectivity index (χ4v) is 9.52. The lowest BCUT2D eigenvalue weighted by molar-refractivity contribution is -0.138. The molecular formula is C57H47F6N11O6. The number of nitrogens with zero attached hydrogens (tertiary/aromatic N) is 9. The van der Waals surface area contributed by atoms with Gasteiger partial charge in [0.05, 0.1) is 66.5 Å². The summed E-state index contributed by atoms with van der Waals surface area (Å²) in [5.74, 6) is -0.316. The molecule has 23 heteroatoms. The van der Waals surface area contributed by atoms with E-state index in [4.69, 9.17) is 28.3 Å². The number of aromatic nitrogens is 5. The quantitative estimate of drug-likeness (QED) is 0.123. The van der Waals surface area contributed by atoms with E-state index in [2.05, 4.69) is 35.8 Å². The zero-order valence-electron chi connectivity index (χ0n) is 42.2. The summed E-state index contributed by atoms with van der Waals surface area (Å²) in [6, 6.07) is 36.2. The first-order chi connectivity index (χ1) is 38.7. The van der Waals surface area contributed by atoms with Crippen LogP contribution in [0.5, 0.6) is 0 Å². The Hall–Kier alpha value is -9.09. The molecule has 80 heavy (non-hydrogen) atoms. The number of oxazole rings is 1. The number of hydrogen-bond donors (Lipinski definition) is 2. The van der Waals surface area contributed by atoms with Gasteiger partial charge in [0.25, 0.3) is 11.9 Å². The molecule has 4 aliphatic rings. The minimum atomic E-state index is -4.57. The van der Waals surface area contributed by atoms with Gasteiger partial charge in [-0.1, -0.05) is 114 Å². The highest BCUT2D eigenvalue weighted by Crippen LogP contribution is 2.39. The number of halogens is 6. The van der Waals surface area contributed by atoms with Crippen molar-refractivity contribution >= 4 is 46.4 Å². The Labute approximate surface area is 452 Å². The maximum Gasteiger partial charge on any atom is 0.417 e. The van der Waals surface area contributed by atoms with Crippen molar-refractivity contribution in [2.45, 2.75) is 37.5 Å². The topological polar surface area (TPSA) is 199 Å². The summed E-state index contributed by atoms with van der Waals surface area (Å²) in [6.45, 7) is 3.06. The van der Waals surface area contributed by atoms with E-state index in [-0.39, 0.29) is 70.9 Å². The third-order valence-electron chi connectivity index (χ3n) is 13.5. The molecule has 4 aromatic heterocycles. The maximum atomic E-state index is 13.5. The molecule has 2 atom stereocenters. The minimum Gasteiger partial charge on any atom is -0.422 e. The highest BCUT2D eigenvalue weighted by Gasteiger charge is 2.36. The number of ketones is 2. The van der Waals surface area contributed by atoms with Gasteiger partial charge in [0.2, 0.25) is 0 Å². The molecule has 2 N–H and O–H groups in total. The Balaban J connectivity index is 0.000000169. The smallest absolute Gasteiger partial charge is 0.417 e. The molecule has 0 bridgehead atoms. The minimum absolute atomic E-state index is 0.00472. The molecule has 8 heterocycles. The number of aliphatic imine (C=N–C) groups is 2. The summed E-state index contributed by atoms with van der Waals surface area (Å²) in [5.41, 5.74) is 5.45. The van der Waals surface area contributed by atoms with Crippen LogP contribution in [0.4, 0.5) is 49.7 Å². The second kappa shape index (κ2) is 22.7. The van der Waals surface area contributed by atoms with Crippen molar-refractivity contribution in [3.63, 3.8) is 0 Å². The number of anilines is 4. The lowest BCUT2D eigenvalue weighted by Crippen LogP contribution is -2.36. The molecule has 0 radical (unpaired) electrons. The highest BCUT2D eigenvalue weighted by atomic mass is 19.4. The number of rotatable bonds is 10. The Morgan fingerprint density at radius 3 is 1.45 bits per heavy atom. The van der Waals surface area contributed by atoms with Gasteiger partial charge in [-0.2, -0.15) is 26.3 Å². The highest BCUT2D eigenvalue weighted by molar-refractivity contribution is 6.17. The fraction of sp³-hybridized carbons (Fsp3) is 0.246. The van der Waals surface area contributed by atoms with Crippen molar-refractivity contribution in [3.05, 3.63) is 184 Å². The number of ether oxygens (including phenoxy) is 2. The number of carbonyl (C=O) groups is 2. The number of pyridine rings is 2. The van der Waals surface area contributed by atoms with Crippen LogP contribution in [-0.2, 0) is 44.3 Å². The Kier molecular flexibility index (Phi) is 15.0. The summed E-state index contributed by atoms with van der Waals surface area (Å²) in [5, 5.41) is 13.9. The van der Waals surface area contributed by atoms with Gasteiger partial charge in [0.15, 0.2) is 35.4 Å². The van der Waals surface area contributed by atoms with Crippen molar-refractivity contribution < 1.29 is 54.2 Å². The molecule has 17 nitrogen and oxygen atoms in total. The van der Waals surface area contributed by atoms with Crippen molar-refractivity contribution in [3.8, 4) is 23.0 Å². The van der Waals surface area contributed by atoms with E-state index in [1.807, 2.05) is 109 Å². The molecule has 408 valence electrons. The Morgan fingerprint density at radius 1 is 0.500 bits per heavy atom. The van der Waals surface area contributed by atoms with Gasteiger partial charge in [-0.25, -0.2) is 9.97 Å². The number of fused-ring (bicyclic) bond motifs is 2. The van der Waals surface area contributed by atoms with Crippen LogP contribution in [0.2, 0.25) is 0 Å². The first-order valence-corrected chi connectivity index (χ1v) is 25.3. The number of Topliss-reactive ketones (excluding diaryl/α,β-unsaturated/α-hetero) is 2. The summed E-state index contributed by atoms with van der Waals surface area (Å²) < 4.78 is 103. The number of hydrogen-bond acceptors (Lipinski definition) is 17. The Morgan fingerprint density at radius 2 is 0.950 bits per heavy atom. The van der Waals surface area contributed by atoms with Crippen LogP contribution in [0.1, 0.15) is 44.5 Å². The van der Waals surface area contributed by atoms with Crippen LogP contribution in [-0.4, -0.2) is 113 Å². The molecule has 12 rings (SSSR count). The summed E-state index contributed by atoms with van der Waals surface area (Å²) in [6.07, 6.45) is -7.97. The third kappa shape index (κ3) is 11.7. The molecule has 0 spiro atoms. The standard InChI is InChI=1S/C29H24F3N5O3.C28H23F3N6O3/c30-29(31,32)20-15-22(37-10-12-39-13-11-37)26(33-16-20)24-17-34-28(40-24)36-27-23(38)14-19-8-4-5-9-21(19)25(35-27)18-6-2-1-3-7-18;29-28(30,31)19-15-21(37-10-12-39-13-11-37)24(32-16-19)26-35-36-27(40-26)34-25-22(38)14-18-8-4-5-9-20(18)23(33-25)17-6-2-1-3-7-17/h1-9,15-17,27H,10-14H2,(H,34,36);1-9,15-16,25H,10-14H2,(H,34,36)/t27-;25-/m01/s1. The fourth-order valence-electron chi connectivity index (χ4n) is 9.52. The molecule has 0 unspecified atom stereocenters. The second-order valence-corrected chi connectivity index (χ2v) is 18.7. The zero-order chi connectivity index (χ0) is 55.4. The van der Waals surface area contributed by atoms with E-state index in [9.17, 15) is 35.9 Å². The van der Waals surface area contributed by atoms with Crippen molar-refractivity contribution in [2.75, 3.05) is 73.0 Å². The summed E-state index contributed by atoms with van der Waals surface area (Å²) in [7, 11) is 0. The number of nitrogens with one attached hydrogen (secondary N) is 2. The number of carbonyl (C=O) groups excluding carboxylic acids is 2. The van der Waals surface area contributed by atoms with Crippen LogP contribution in [0.15, 0.2) is 159 Å². The van der Waals surface area contributed by atoms with Gasteiger partial charge in [0, 0.05) is 73.7 Å². The van der Waals surface area contributed by atoms with Crippen LogP contribution < -0.4 is 20.4 Å². The van der Waals surface area contributed by atoms with Gasteiger partial charge in [-0.3, -0.25) is 24.6 Å². The summed E-state index contributed by atoms with van der Waals surface area (Å²) in [4.78, 5) is 51.9. The molecule has 0 saturated carbocycles. The normalized spacial score (nSPS) is 17.7. The van der Waals surface area contributed by atoms with E-state index in [1.54, 1.807) is 9.80 Å². The van der Waals surface area contributed by atoms with Gasteiger partial charge in [0.1, 0.15) is 5.69 Å². The average Bonchev–Trinajstić information content (AvgIpc) is 4.12. The molecule has 2 fully saturated rings. The van der Waals surface area contributed by atoms with Crippen LogP contribution >= 0.6 is 0 Å². The van der Waals surface area contributed by atoms with Crippen molar-refractivity contribution in [2.24, 2.45) is 9.98 Å². The van der Waals surface area contributed by atoms with Gasteiger partial charge in [-0.05, 0) is 23.3 Å². The monoisotopic (exact) mass is 1100 g/mol. The van der Waals surface area contributed by atoms with Crippen LogP contribution in [0, 0.1) is 0 Å². The molecule has 8 aromatic rings. The molecular weight excluding hydrogens is 1050 g/mol. The molecule has 4 aliphatic heterocycles. The van der Waals surface area contributed by atoms with Crippen molar-refractivity contribution in [1.29, 1.82) is 0 Å². The predicted molar refractivity (Wildman–Crippen MR) is 283 cm³/mol. The molecule has 2 saturated heterocycles. The van der Waals surface area contributed by atoms with E-state index in [1.165, 1.54) is 6.20 Å². The summed E-state index contributed by atoms with van der Waals surface area (Å²) >= 11 is 0. The van der Waals surface area contributed by atoms with Gasteiger partial charge >= 0.3 is 18.4 Å². The molecule has 0 aliphatic carbocycles. The first-order valence-electron chi connectivity index (χ1n) is 25.3. The van der Waals surface area contributed by atoms with Crippen LogP contribution in [0.3, 0.4) is 0 Å². The zero-order valence-corrected chi connectivity index (χ0v) is 42.2. The second-order valence-electron chi connectivity index (χ2n) is 18.7. The predicted octanol–water partition coefficient (Wildman–Crippen LogP) is 9.38. The number of benzene rings is 4. The van der Waals surface area contributed by atoms with Gasteiger partial charge in [-0.15, -0.1) is 5.10 Å². The van der Waals surface area contributed by atoms with Crippen LogP contribution in [0.25, 0.3) is 23.0 Å². The third-order valence-corrected chi connectivity index (χ3v) is 13.5. The van der Waals surface area contributed by atoms with E-state index < -0.39 is 35.8 Å². The molecule has 0 amide bonds. The van der Waals surface area contributed by atoms with Crippen molar-refractivity contribution in [1.82, 2.24) is 25.1 Å². The lowest BCUT2D eigenvalue weighted by Gasteiger charge is -2.30. The molecule has 4 aromatic carbocycles. The largest absolute Gasteiger partial charge is 0.422 e. The van der Waals surface area contributed by atoms with E-state index >= 15 is 0 Å². The maximum absolute atomic E-state index is 13.5. The number of morpholine rings is 2. The number of alkyl halides is 6. The SMILES string of the molecule is O=C1Cc2ccccc2C(c2ccccc2)=N[C@@H]1Nc1nnc(-c2ncc(C(F)(F)F)cc2N2CCOCC2)o1.O=C1Cc2ccccc2C(c2ccccc2)=N[C@H]1Nc1ncc(-c2ncc(C(F)(F)F)cc2N2CCOCC2)o1. The lowest BCUT2D eigenvalue weighted by atomic mass is 9.96. The first kappa shape index (κ1) is 52.9. The van der Waals surface area contributed by atoms with Gasteiger partial charge < -0.3 is 38.7 Å².